The fourth-order valence-corrected chi connectivity index (χ4v) is 6.34. The zero-order valence-electron chi connectivity index (χ0n) is 17.2. The molecular weight excluding hydrogens is 428 g/mol. The van der Waals surface area contributed by atoms with E-state index in [0.29, 0.717) is 29.2 Å². The molecule has 3 aromatic heterocycles. The fourth-order valence-electron chi connectivity index (χ4n) is 4.00. The highest BCUT2D eigenvalue weighted by Gasteiger charge is 2.24. The molecule has 0 spiro atoms. The number of nitrogens with zero attached hydrogens (tertiary/aromatic N) is 6. The number of fused-ring (bicyclic) bond motifs is 3. The van der Waals surface area contributed by atoms with Gasteiger partial charge in [0.15, 0.2) is 11.0 Å². The summed E-state index contributed by atoms with van der Waals surface area (Å²) in [7, 11) is 0. The van der Waals surface area contributed by atoms with E-state index in [1.54, 1.807) is 26.7 Å². The molecule has 31 heavy (non-hydrogen) atoms. The van der Waals surface area contributed by atoms with Gasteiger partial charge in [0.2, 0.25) is 0 Å². The van der Waals surface area contributed by atoms with Gasteiger partial charge in [-0.3, -0.25) is 9.36 Å². The first-order valence-electron chi connectivity index (χ1n) is 10.3. The Kier molecular flexibility index (Phi) is 5.45. The van der Waals surface area contributed by atoms with Crippen LogP contribution in [0.15, 0.2) is 52.9 Å². The van der Waals surface area contributed by atoms with E-state index in [4.69, 9.17) is 4.98 Å². The monoisotopic (exact) mass is 450 g/mol. The molecule has 158 valence electrons. The Morgan fingerprint density at radius 1 is 1.32 bits per heavy atom. The summed E-state index contributed by atoms with van der Waals surface area (Å²) in [5.41, 5.74) is 2.13. The summed E-state index contributed by atoms with van der Waals surface area (Å²) in [5, 5.41) is 13.6. The molecule has 1 aromatic carbocycles. The first kappa shape index (κ1) is 20.1. The molecule has 5 rings (SSSR count). The van der Waals surface area contributed by atoms with Crippen LogP contribution in [0.25, 0.3) is 15.9 Å². The number of thioether (sulfide) groups is 1. The maximum absolute atomic E-state index is 13.4. The van der Waals surface area contributed by atoms with Crippen LogP contribution in [0.1, 0.15) is 29.6 Å². The average Bonchev–Trinajstić information content (AvgIpc) is 3.39. The van der Waals surface area contributed by atoms with Crippen LogP contribution in [0.4, 0.5) is 0 Å². The smallest absolute Gasteiger partial charge is 0.263 e. The zero-order chi connectivity index (χ0) is 21.4. The standard InChI is InChI=1S/C22H22N6OS2/c1-3-11-27-21(29)19-16-10-9-14(2)12-17(16)31-20(19)23-22(27)30-13-18-24-25-26-28(18)15-7-5-4-6-8-15/h3-8,14H,1,9-13H2,2H3/t14-/m0/s1. The van der Waals surface area contributed by atoms with Gasteiger partial charge in [0.25, 0.3) is 5.56 Å². The van der Waals surface area contributed by atoms with Crippen LogP contribution in [-0.2, 0) is 25.1 Å². The zero-order valence-corrected chi connectivity index (χ0v) is 18.8. The highest BCUT2D eigenvalue weighted by atomic mass is 32.2. The minimum atomic E-state index is 0.0297. The van der Waals surface area contributed by atoms with Gasteiger partial charge in [-0.15, -0.1) is 23.0 Å². The molecule has 7 nitrogen and oxygen atoms in total. The number of hydrogen-bond donors (Lipinski definition) is 0. The lowest BCUT2D eigenvalue weighted by Crippen LogP contribution is -2.23. The van der Waals surface area contributed by atoms with Gasteiger partial charge in [0, 0.05) is 11.4 Å². The third-order valence-electron chi connectivity index (χ3n) is 5.56. The first-order chi connectivity index (χ1) is 15.2. The molecule has 9 heteroatoms. The van der Waals surface area contributed by atoms with Crippen molar-refractivity contribution in [2.24, 2.45) is 5.92 Å². The highest BCUT2D eigenvalue weighted by molar-refractivity contribution is 7.98. The van der Waals surface area contributed by atoms with Crippen LogP contribution < -0.4 is 5.56 Å². The number of benzene rings is 1. The topological polar surface area (TPSA) is 78.5 Å². The van der Waals surface area contributed by atoms with E-state index in [1.165, 1.54) is 22.2 Å². The number of aryl methyl sites for hydroxylation is 1. The Morgan fingerprint density at radius 3 is 2.97 bits per heavy atom. The predicted octanol–water partition coefficient (Wildman–Crippen LogP) is 4.04. The second kappa shape index (κ2) is 8.39. The normalized spacial score (nSPS) is 15.8. The Balaban J connectivity index is 1.52. The van der Waals surface area contributed by atoms with Crippen molar-refractivity contribution in [1.29, 1.82) is 0 Å². The number of rotatable bonds is 6. The van der Waals surface area contributed by atoms with Gasteiger partial charge in [-0.1, -0.05) is 43.0 Å². The van der Waals surface area contributed by atoms with Gasteiger partial charge in [0.1, 0.15) is 4.83 Å². The Bertz CT molecular complexity index is 1310. The van der Waals surface area contributed by atoms with E-state index in [0.717, 1.165) is 35.2 Å². The van der Waals surface area contributed by atoms with Gasteiger partial charge in [-0.05, 0) is 53.3 Å². The average molecular weight is 451 g/mol. The number of allylic oxidation sites excluding steroid dienone is 1. The molecule has 0 saturated heterocycles. The van der Waals surface area contributed by atoms with E-state index < -0.39 is 0 Å². The van der Waals surface area contributed by atoms with Crippen molar-refractivity contribution >= 4 is 33.3 Å². The lowest BCUT2D eigenvalue weighted by Gasteiger charge is -2.17. The van der Waals surface area contributed by atoms with Crippen LogP contribution in [0.5, 0.6) is 0 Å². The van der Waals surface area contributed by atoms with E-state index in [1.807, 2.05) is 30.3 Å². The van der Waals surface area contributed by atoms with Gasteiger partial charge >= 0.3 is 0 Å². The molecule has 4 aromatic rings. The van der Waals surface area contributed by atoms with Crippen molar-refractivity contribution < 1.29 is 0 Å². The second-order valence-electron chi connectivity index (χ2n) is 7.76. The lowest BCUT2D eigenvalue weighted by atomic mass is 9.89. The molecule has 0 radical (unpaired) electrons. The van der Waals surface area contributed by atoms with E-state index in [2.05, 4.69) is 29.0 Å². The molecule has 0 bridgehead atoms. The van der Waals surface area contributed by atoms with Crippen LogP contribution in [0, 0.1) is 5.92 Å². The third kappa shape index (κ3) is 3.72. The van der Waals surface area contributed by atoms with Gasteiger partial charge in [0.05, 0.1) is 16.8 Å². The summed E-state index contributed by atoms with van der Waals surface area (Å²) in [5.74, 6) is 1.86. The number of hydrogen-bond acceptors (Lipinski definition) is 7. The lowest BCUT2D eigenvalue weighted by molar-refractivity contribution is 0.509. The summed E-state index contributed by atoms with van der Waals surface area (Å²) in [4.78, 5) is 20.5. The van der Waals surface area contributed by atoms with E-state index in [9.17, 15) is 4.79 Å². The molecule has 3 heterocycles. The largest absolute Gasteiger partial charge is 0.283 e. The second-order valence-corrected chi connectivity index (χ2v) is 9.79. The van der Waals surface area contributed by atoms with E-state index in [-0.39, 0.29) is 5.56 Å². The van der Waals surface area contributed by atoms with Crippen molar-refractivity contribution in [3.8, 4) is 5.69 Å². The van der Waals surface area contributed by atoms with Crippen molar-refractivity contribution in [2.45, 2.75) is 43.6 Å². The molecule has 0 unspecified atom stereocenters. The van der Waals surface area contributed by atoms with Crippen LogP contribution in [0.3, 0.4) is 0 Å². The highest BCUT2D eigenvalue weighted by Crippen LogP contribution is 2.36. The minimum Gasteiger partial charge on any atom is -0.283 e. The molecule has 1 aliphatic carbocycles. The van der Waals surface area contributed by atoms with E-state index >= 15 is 0 Å². The number of aromatic nitrogens is 6. The minimum absolute atomic E-state index is 0.0297. The SMILES string of the molecule is C=CCn1c(SCc2nnnn2-c2ccccc2)nc2sc3c(c2c1=O)CC[C@H](C)C3. The Morgan fingerprint density at radius 2 is 2.16 bits per heavy atom. The molecule has 0 aliphatic heterocycles. The molecule has 0 N–H and O–H groups in total. The molecule has 0 saturated carbocycles. The predicted molar refractivity (Wildman–Crippen MR) is 124 cm³/mol. The summed E-state index contributed by atoms with van der Waals surface area (Å²) in [6.45, 7) is 6.53. The van der Waals surface area contributed by atoms with Crippen molar-refractivity contribution in [2.75, 3.05) is 0 Å². The van der Waals surface area contributed by atoms with Crippen LogP contribution in [-0.4, -0.2) is 29.8 Å². The number of thiophene rings is 1. The third-order valence-corrected chi connectivity index (χ3v) is 7.68. The fraction of sp³-hybridized carbons (Fsp3) is 0.318. The summed E-state index contributed by atoms with van der Waals surface area (Å²) in [6, 6.07) is 9.77. The Labute approximate surface area is 187 Å². The summed E-state index contributed by atoms with van der Waals surface area (Å²) < 4.78 is 3.44. The van der Waals surface area contributed by atoms with Crippen molar-refractivity contribution in [3.63, 3.8) is 0 Å². The van der Waals surface area contributed by atoms with Gasteiger partial charge < -0.3 is 0 Å². The summed E-state index contributed by atoms with van der Waals surface area (Å²) in [6.07, 6.45) is 4.86. The van der Waals surface area contributed by atoms with Crippen molar-refractivity contribution in [1.82, 2.24) is 29.8 Å². The number of tetrazole rings is 1. The van der Waals surface area contributed by atoms with Crippen molar-refractivity contribution in [3.05, 3.63) is 69.6 Å². The Hall–Kier alpha value is -2.78. The molecular formula is C22H22N6OS2. The maximum atomic E-state index is 13.4. The molecule has 1 atom stereocenters. The molecule has 0 fully saturated rings. The van der Waals surface area contributed by atoms with Gasteiger partial charge in [-0.25, -0.2) is 4.98 Å². The molecule has 0 amide bonds. The van der Waals surface area contributed by atoms with Crippen LogP contribution >= 0.6 is 23.1 Å². The summed E-state index contributed by atoms with van der Waals surface area (Å²) >= 11 is 3.15. The van der Waals surface area contributed by atoms with Gasteiger partial charge in [-0.2, -0.15) is 4.68 Å². The first-order valence-corrected chi connectivity index (χ1v) is 12.1. The quantitative estimate of drug-likeness (QED) is 0.251. The maximum Gasteiger partial charge on any atom is 0.263 e. The molecule has 1 aliphatic rings. The number of para-hydroxylation sites is 1. The van der Waals surface area contributed by atoms with Crippen LogP contribution in [0.2, 0.25) is 0 Å².